The van der Waals surface area contributed by atoms with Crippen LogP contribution in [0.3, 0.4) is 0 Å². The highest BCUT2D eigenvalue weighted by molar-refractivity contribution is 5.95. The number of pyridine rings is 1. The minimum absolute atomic E-state index is 0.0389. The number of halogens is 6. The van der Waals surface area contributed by atoms with Gasteiger partial charge in [-0.1, -0.05) is 13.3 Å². The van der Waals surface area contributed by atoms with Crippen LogP contribution >= 0.6 is 0 Å². The van der Waals surface area contributed by atoms with Gasteiger partial charge in [0.25, 0.3) is 5.91 Å². The summed E-state index contributed by atoms with van der Waals surface area (Å²) in [6.07, 6.45) is -8.05. The lowest BCUT2D eigenvalue weighted by molar-refractivity contribution is -0.166. The second-order valence-electron chi connectivity index (χ2n) is 8.12. The molecule has 1 saturated heterocycles. The number of aromatic nitrogens is 1. The van der Waals surface area contributed by atoms with Gasteiger partial charge in [0.15, 0.2) is 0 Å². The van der Waals surface area contributed by atoms with Crippen molar-refractivity contribution in [3.8, 4) is 5.75 Å². The summed E-state index contributed by atoms with van der Waals surface area (Å²) in [4.78, 5) is 30.4. The average Bonchev–Trinajstić information content (AvgIpc) is 2.79. The molecule has 2 atom stereocenters. The number of piperidine rings is 1. The first-order valence-electron chi connectivity index (χ1n) is 10.7. The summed E-state index contributed by atoms with van der Waals surface area (Å²) in [6, 6.07) is 3.95. The number of rotatable bonds is 6. The quantitative estimate of drug-likeness (QED) is 0.531. The fourth-order valence-corrected chi connectivity index (χ4v) is 4.27. The summed E-state index contributed by atoms with van der Waals surface area (Å²) in [5.41, 5.74) is -5.17. The molecule has 1 aromatic heterocycles. The number of alkyl halides is 6. The molecule has 1 aromatic carbocycles. The van der Waals surface area contributed by atoms with Crippen LogP contribution in [0.1, 0.15) is 54.2 Å². The number of carbonyl (C=O) groups is 2. The van der Waals surface area contributed by atoms with Crippen molar-refractivity contribution < 1.29 is 45.8 Å². The number of ether oxygens (including phenoxy) is 1. The van der Waals surface area contributed by atoms with E-state index in [1.165, 1.54) is 0 Å². The van der Waals surface area contributed by atoms with Crippen LogP contribution in [0, 0.1) is 0 Å². The van der Waals surface area contributed by atoms with Gasteiger partial charge in [0.2, 0.25) is 5.60 Å². The molecule has 35 heavy (non-hydrogen) atoms. The Bertz CT molecular complexity index is 1070. The Morgan fingerprint density at radius 1 is 1.11 bits per heavy atom. The lowest BCUT2D eigenvalue weighted by atomic mass is 9.81. The smallest absolute Gasteiger partial charge is 0.418 e. The van der Waals surface area contributed by atoms with Gasteiger partial charge >= 0.3 is 18.3 Å². The third-order valence-electron chi connectivity index (χ3n) is 5.84. The first kappa shape index (κ1) is 26.3. The molecule has 3 rings (SSSR count). The molecule has 0 aliphatic carbocycles. The highest BCUT2D eigenvalue weighted by Gasteiger charge is 2.54. The van der Waals surface area contributed by atoms with Gasteiger partial charge in [-0.15, -0.1) is 0 Å². The maximum absolute atomic E-state index is 13.5. The van der Waals surface area contributed by atoms with Crippen molar-refractivity contribution >= 4 is 11.9 Å². The summed E-state index contributed by atoms with van der Waals surface area (Å²) in [5, 5.41) is 10.1. The molecule has 0 bridgehead atoms. The van der Waals surface area contributed by atoms with Crippen molar-refractivity contribution in [2.24, 2.45) is 0 Å². The minimum atomic E-state index is -4.87. The van der Waals surface area contributed by atoms with Crippen LogP contribution in [0.2, 0.25) is 0 Å². The molecule has 190 valence electrons. The number of carboxylic acid groups (broad SMARTS) is 1. The number of aliphatic carboxylic acids is 1. The molecule has 1 fully saturated rings. The van der Waals surface area contributed by atoms with Crippen LogP contribution in [-0.2, 0) is 17.1 Å². The van der Waals surface area contributed by atoms with Crippen molar-refractivity contribution in [3.63, 3.8) is 0 Å². The number of amides is 1. The lowest BCUT2D eigenvalue weighted by Gasteiger charge is -2.47. The molecule has 1 aliphatic rings. The number of nitrogens with zero attached hydrogens (tertiary/aromatic N) is 2. The van der Waals surface area contributed by atoms with E-state index in [1.807, 2.05) is 0 Å². The predicted octanol–water partition coefficient (Wildman–Crippen LogP) is 5.43. The second-order valence-corrected chi connectivity index (χ2v) is 8.12. The number of benzene rings is 1. The van der Waals surface area contributed by atoms with Crippen LogP contribution < -0.4 is 4.74 Å². The van der Waals surface area contributed by atoms with E-state index in [4.69, 9.17) is 4.74 Å². The van der Waals surface area contributed by atoms with Crippen molar-refractivity contribution in [2.75, 3.05) is 6.54 Å². The molecule has 6 nitrogen and oxygen atoms in total. The number of carboxylic acids is 1. The molecular weight excluding hydrogens is 482 g/mol. The molecule has 2 aromatic rings. The topological polar surface area (TPSA) is 79.7 Å². The summed E-state index contributed by atoms with van der Waals surface area (Å²) in [7, 11) is 0. The van der Waals surface area contributed by atoms with Crippen LogP contribution in [0.4, 0.5) is 26.3 Å². The van der Waals surface area contributed by atoms with E-state index in [9.17, 15) is 41.0 Å². The van der Waals surface area contributed by atoms with E-state index in [0.717, 1.165) is 41.4 Å². The lowest BCUT2D eigenvalue weighted by Crippen LogP contribution is -2.65. The Morgan fingerprint density at radius 2 is 1.77 bits per heavy atom. The molecule has 1 N–H and O–H groups in total. The van der Waals surface area contributed by atoms with Gasteiger partial charge in [0.05, 0.1) is 17.2 Å². The Kier molecular flexibility index (Phi) is 7.32. The monoisotopic (exact) mass is 504 g/mol. The number of hydrogen-bond acceptors (Lipinski definition) is 4. The Morgan fingerprint density at radius 3 is 2.31 bits per heavy atom. The van der Waals surface area contributed by atoms with Crippen LogP contribution in [0.25, 0.3) is 0 Å². The summed E-state index contributed by atoms with van der Waals surface area (Å²) >= 11 is 0. The zero-order valence-electron chi connectivity index (χ0n) is 18.5. The average molecular weight is 504 g/mol. The van der Waals surface area contributed by atoms with Gasteiger partial charge in [0, 0.05) is 19.2 Å². The molecule has 0 radical (unpaired) electrons. The van der Waals surface area contributed by atoms with Crippen LogP contribution in [-0.4, -0.2) is 45.1 Å². The number of carbonyl (C=O) groups excluding carboxylic acids is 1. The van der Waals surface area contributed by atoms with Crippen molar-refractivity contribution in [1.29, 1.82) is 0 Å². The normalized spacial score (nSPS) is 21.0. The van der Waals surface area contributed by atoms with Crippen molar-refractivity contribution in [3.05, 3.63) is 59.4 Å². The van der Waals surface area contributed by atoms with Crippen molar-refractivity contribution in [2.45, 2.75) is 56.6 Å². The standard InChI is InChI=1S/C23H22F6N2O4/c1-2-5-17-21(20(33)34,35-15-9-7-14(8-10-15)22(24,25)26)11-4-13-31(17)19(32)18-16(23(27,28)29)6-3-12-30-18/h3,6-10,12,17H,2,4-5,11,13H2,1H3,(H,33,34)/t17-,21+/m1/s1. The van der Waals surface area contributed by atoms with Crippen LogP contribution in [0.15, 0.2) is 42.6 Å². The summed E-state index contributed by atoms with van der Waals surface area (Å²) in [6.45, 7) is 1.66. The molecular formula is C23H22F6N2O4. The van der Waals surface area contributed by atoms with Gasteiger partial charge in [-0.25, -0.2) is 4.79 Å². The predicted molar refractivity (Wildman–Crippen MR) is 111 cm³/mol. The minimum Gasteiger partial charge on any atom is -0.478 e. The highest BCUT2D eigenvalue weighted by Crippen LogP contribution is 2.39. The van der Waals surface area contributed by atoms with E-state index >= 15 is 0 Å². The van der Waals surface area contributed by atoms with Crippen molar-refractivity contribution in [1.82, 2.24) is 9.88 Å². The van der Waals surface area contributed by atoms with E-state index in [0.29, 0.717) is 12.5 Å². The highest BCUT2D eigenvalue weighted by atomic mass is 19.4. The first-order valence-corrected chi connectivity index (χ1v) is 10.7. The first-order chi connectivity index (χ1) is 16.3. The molecule has 0 saturated carbocycles. The van der Waals surface area contributed by atoms with Gasteiger partial charge in [-0.05, 0) is 49.2 Å². The largest absolute Gasteiger partial charge is 0.478 e. The second kappa shape index (κ2) is 9.74. The third-order valence-corrected chi connectivity index (χ3v) is 5.84. The van der Waals surface area contributed by atoms with Gasteiger partial charge < -0.3 is 14.7 Å². The van der Waals surface area contributed by atoms with Gasteiger partial charge in [0.1, 0.15) is 11.4 Å². The Labute approximate surface area is 196 Å². The van der Waals surface area contributed by atoms with E-state index < -0.39 is 52.7 Å². The molecule has 1 aliphatic heterocycles. The van der Waals surface area contributed by atoms with Gasteiger partial charge in [-0.2, -0.15) is 26.3 Å². The van der Waals surface area contributed by atoms with E-state index in [1.54, 1.807) is 6.92 Å². The zero-order chi connectivity index (χ0) is 26.0. The number of hydrogen-bond donors (Lipinski definition) is 1. The number of likely N-dealkylation sites (tertiary alicyclic amines) is 1. The van der Waals surface area contributed by atoms with Gasteiger partial charge in [-0.3, -0.25) is 9.78 Å². The summed E-state index contributed by atoms with van der Waals surface area (Å²) < 4.78 is 84.9. The maximum Gasteiger partial charge on any atom is 0.418 e. The zero-order valence-corrected chi connectivity index (χ0v) is 18.5. The van der Waals surface area contributed by atoms with Crippen LogP contribution in [0.5, 0.6) is 5.75 Å². The Hall–Kier alpha value is -3.31. The molecule has 2 heterocycles. The molecule has 12 heteroatoms. The van der Waals surface area contributed by atoms with E-state index in [2.05, 4.69) is 4.98 Å². The fourth-order valence-electron chi connectivity index (χ4n) is 4.27. The SMILES string of the molecule is CCC[C@H]1N(C(=O)c2ncccc2C(F)(F)F)CCC[C@@]1(Oc1ccc(C(F)(F)F)cc1)C(=O)O. The summed E-state index contributed by atoms with van der Waals surface area (Å²) in [5.74, 6) is -2.76. The fraction of sp³-hybridized carbons (Fsp3) is 0.435. The Balaban J connectivity index is 2.02. The molecule has 1 amide bonds. The molecule has 0 unspecified atom stereocenters. The third kappa shape index (κ3) is 5.35. The molecule has 0 spiro atoms. The van der Waals surface area contributed by atoms with E-state index in [-0.39, 0.29) is 31.6 Å². The maximum atomic E-state index is 13.5.